The number of halogens is 3. The second-order valence-electron chi connectivity index (χ2n) is 5.26. The zero-order valence-electron chi connectivity index (χ0n) is 12.5. The van der Waals surface area contributed by atoms with Gasteiger partial charge in [-0.2, -0.15) is 13.2 Å². The fraction of sp³-hybridized carbons (Fsp3) is 0.125. The number of ketones is 1. The maximum atomic E-state index is 12.7. The van der Waals surface area contributed by atoms with Crippen LogP contribution in [-0.4, -0.2) is 33.4 Å². The number of aliphatic hydroxyl groups is 1. The molecule has 0 saturated carbocycles. The number of nitrogens with one attached hydrogen (secondary N) is 1. The number of benzene rings is 1. The van der Waals surface area contributed by atoms with Crippen LogP contribution in [0, 0.1) is 0 Å². The van der Waals surface area contributed by atoms with Gasteiger partial charge in [0, 0.05) is 28.6 Å². The highest BCUT2D eigenvalue weighted by atomic mass is 19.4. The summed E-state index contributed by atoms with van der Waals surface area (Å²) in [6.45, 7) is 2.84. The lowest BCUT2D eigenvalue weighted by Crippen LogP contribution is -2.16. The smallest absolute Gasteiger partial charge is 0.391 e. The second kappa shape index (κ2) is 5.78. The van der Waals surface area contributed by atoms with Crippen molar-refractivity contribution >= 4 is 17.4 Å². The predicted molar refractivity (Wildman–Crippen MR) is 80.8 cm³/mol. The van der Waals surface area contributed by atoms with Gasteiger partial charge >= 0.3 is 6.18 Å². The largest absolute Gasteiger partial charge is 0.451 e. The molecule has 0 unspecified atom stereocenters. The molecule has 1 heterocycles. The van der Waals surface area contributed by atoms with E-state index in [9.17, 15) is 22.8 Å². The molecule has 1 aliphatic carbocycles. The maximum Gasteiger partial charge on any atom is 0.451 e. The van der Waals surface area contributed by atoms with Crippen LogP contribution in [0.1, 0.15) is 21.9 Å². The molecule has 6 nitrogen and oxygen atoms in total. The maximum absolute atomic E-state index is 12.7. The van der Waals surface area contributed by atoms with Crippen LogP contribution in [0.3, 0.4) is 0 Å². The molecule has 1 aromatic heterocycles. The molecule has 2 aromatic rings. The van der Waals surface area contributed by atoms with Gasteiger partial charge in [-0.05, 0) is 17.7 Å². The SMILES string of the molecule is C=C(CO)C(=O)Nc1ccc2c(c1)C(=O)c1nc(C(F)(F)F)ncc1-2. The van der Waals surface area contributed by atoms with E-state index >= 15 is 0 Å². The Hall–Kier alpha value is -3.07. The van der Waals surface area contributed by atoms with Crippen LogP contribution in [0.5, 0.6) is 0 Å². The molecule has 0 fully saturated rings. The molecule has 3 rings (SSSR count). The van der Waals surface area contributed by atoms with Gasteiger partial charge in [0.1, 0.15) is 5.69 Å². The number of amides is 1. The van der Waals surface area contributed by atoms with E-state index in [4.69, 9.17) is 5.11 Å². The van der Waals surface area contributed by atoms with Crippen molar-refractivity contribution < 1.29 is 27.9 Å². The number of hydrogen-bond donors (Lipinski definition) is 2. The zero-order valence-corrected chi connectivity index (χ0v) is 12.5. The quantitative estimate of drug-likeness (QED) is 0.707. The van der Waals surface area contributed by atoms with Crippen molar-refractivity contribution in [1.29, 1.82) is 0 Å². The van der Waals surface area contributed by atoms with Crippen LogP contribution in [0.4, 0.5) is 18.9 Å². The first-order valence-electron chi connectivity index (χ1n) is 6.95. The van der Waals surface area contributed by atoms with Crippen molar-refractivity contribution in [2.24, 2.45) is 0 Å². The summed E-state index contributed by atoms with van der Waals surface area (Å²) in [5.41, 5.74) is 0.522. The number of nitrogens with zero attached hydrogens (tertiary/aromatic N) is 2. The molecule has 1 aromatic carbocycles. The van der Waals surface area contributed by atoms with Crippen LogP contribution >= 0.6 is 0 Å². The Morgan fingerprint density at radius 1 is 1.24 bits per heavy atom. The Morgan fingerprint density at radius 2 is 1.96 bits per heavy atom. The zero-order chi connectivity index (χ0) is 18.4. The molecule has 0 bridgehead atoms. The van der Waals surface area contributed by atoms with E-state index in [2.05, 4.69) is 21.9 Å². The van der Waals surface area contributed by atoms with Crippen LogP contribution < -0.4 is 5.32 Å². The van der Waals surface area contributed by atoms with Crippen molar-refractivity contribution in [3.05, 3.63) is 53.6 Å². The summed E-state index contributed by atoms with van der Waals surface area (Å²) >= 11 is 0. The molecule has 1 aliphatic rings. The molecule has 128 valence electrons. The highest BCUT2D eigenvalue weighted by Gasteiger charge is 2.38. The van der Waals surface area contributed by atoms with Gasteiger partial charge in [0.15, 0.2) is 0 Å². The summed E-state index contributed by atoms with van der Waals surface area (Å²) < 4.78 is 38.1. The first-order valence-corrected chi connectivity index (χ1v) is 6.95. The molecule has 25 heavy (non-hydrogen) atoms. The summed E-state index contributed by atoms with van der Waals surface area (Å²) in [7, 11) is 0. The van der Waals surface area contributed by atoms with Gasteiger partial charge in [-0.15, -0.1) is 0 Å². The highest BCUT2D eigenvalue weighted by molar-refractivity contribution is 6.21. The van der Waals surface area contributed by atoms with Gasteiger partial charge < -0.3 is 10.4 Å². The van der Waals surface area contributed by atoms with E-state index in [0.717, 1.165) is 6.20 Å². The van der Waals surface area contributed by atoms with Gasteiger partial charge in [0.2, 0.25) is 11.6 Å². The van der Waals surface area contributed by atoms with Crippen LogP contribution in [-0.2, 0) is 11.0 Å². The first kappa shape index (κ1) is 16.8. The van der Waals surface area contributed by atoms with E-state index in [1.54, 1.807) is 0 Å². The summed E-state index contributed by atoms with van der Waals surface area (Å²) in [6.07, 6.45) is -3.80. The minimum absolute atomic E-state index is 0.0733. The lowest BCUT2D eigenvalue weighted by Gasteiger charge is -2.07. The Balaban J connectivity index is 1.97. The van der Waals surface area contributed by atoms with Gasteiger partial charge in [-0.1, -0.05) is 12.6 Å². The number of carbonyl (C=O) groups excluding carboxylic acids is 2. The van der Waals surface area contributed by atoms with Crippen molar-refractivity contribution in [3.8, 4) is 11.1 Å². The minimum Gasteiger partial charge on any atom is -0.391 e. The average Bonchev–Trinajstić information content (AvgIpc) is 2.85. The number of alkyl halides is 3. The van der Waals surface area contributed by atoms with E-state index in [0.29, 0.717) is 5.56 Å². The Kier molecular flexibility index (Phi) is 3.88. The third-order valence-corrected chi connectivity index (χ3v) is 3.58. The van der Waals surface area contributed by atoms with E-state index < -0.39 is 30.3 Å². The number of aliphatic hydroxyl groups excluding tert-OH is 1. The number of fused-ring (bicyclic) bond motifs is 3. The second-order valence-corrected chi connectivity index (χ2v) is 5.26. The molecule has 9 heteroatoms. The number of carbonyl (C=O) groups is 2. The average molecular weight is 349 g/mol. The molecule has 0 saturated heterocycles. The molecule has 0 atom stereocenters. The highest BCUT2D eigenvalue weighted by Crippen LogP contribution is 2.38. The van der Waals surface area contributed by atoms with Crippen molar-refractivity contribution in [2.75, 3.05) is 11.9 Å². The molecule has 2 N–H and O–H groups in total. The Morgan fingerprint density at radius 3 is 2.60 bits per heavy atom. The van der Waals surface area contributed by atoms with Crippen molar-refractivity contribution in [1.82, 2.24) is 9.97 Å². The van der Waals surface area contributed by atoms with E-state index in [1.165, 1.54) is 18.2 Å². The Bertz CT molecular complexity index is 923. The molecule has 0 spiro atoms. The summed E-state index contributed by atoms with van der Waals surface area (Å²) in [5.74, 6) is -2.71. The van der Waals surface area contributed by atoms with Crippen molar-refractivity contribution in [3.63, 3.8) is 0 Å². The standard InChI is InChI=1S/C16H10F3N3O3/c1-7(6-23)14(25)21-8-2-3-9-10(4-8)13(24)12-11(9)5-20-15(22-12)16(17,18)19/h2-5,23H,1,6H2,(H,21,25). The topological polar surface area (TPSA) is 92.2 Å². The third-order valence-electron chi connectivity index (χ3n) is 3.58. The molecule has 0 radical (unpaired) electrons. The number of hydrogen-bond acceptors (Lipinski definition) is 5. The molecular weight excluding hydrogens is 339 g/mol. The minimum atomic E-state index is -4.76. The first-order chi connectivity index (χ1) is 11.7. The van der Waals surface area contributed by atoms with Crippen LogP contribution in [0.15, 0.2) is 36.5 Å². The lowest BCUT2D eigenvalue weighted by atomic mass is 10.1. The summed E-state index contributed by atoms with van der Waals surface area (Å²) in [4.78, 5) is 30.7. The number of anilines is 1. The number of aromatic nitrogens is 2. The Labute approximate surface area is 139 Å². The fourth-order valence-electron chi connectivity index (χ4n) is 2.35. The monoisotopic (exact) mass is 349 g/mol. The fourth-order valence-corrected chi connectivity index (χ4v) is 2.35. The van der Waals surface area contributed by atoms with E-state index in [1.807, 2.05) is 0 Å². The third kappa shape index (κ3) is 2.89. The van der Waals surface area contributed by atoms with E-state index in [-0.39, 0.29) is 28.1 Å². The molecule has 0 aliphatic heterocycles. The van der Waals surface area contributed by atoms with Crippen LogP contribution in [0.2, 0.25) is 0 Å². The molecule has 1 amide bonds. The van der Waals surface area contributed by atoms with Gasteiger partial charge in [-0.3, -0.25) is 9.59 Å². The van der Waals surface area contributed by atoms with Crippen molar-refractivity contribution in [2.45, 2.75) is 6.18 Å². The predicted octanol–water partition coefficient (Wildman–Crippen LogP) is 2.19. The van der Waals surface area contributed by atoms with Gasteiger partial charge in [-0.25, -0.2) is 9.97 Å². The van der Waals surface area contributed by atoms with Gasteiger partial charge in [0.05, 0.1) is 6.61 Å². The summed E-state index contributed by atoms with van der Waals surface area (Å²) in [5, 5.41) is 11.3. The molecular formula is C16H10F3N3O3. The number of rotatable bonds is 3. The summed E-state index contributed by atoms with van der Waals surface area (Å²) in [6, 6.07) is 4.28. The lowest BCUT2D eigenvalue weighted by molar-refractivity contribution is -0.145. The van der Waals surface area contributed by atoms with Gasteiger partial charge in [0.25, 0.3) is 5.91 Å². The normalized spacial score (nSPS) is 12.6. The van der Waals surface area contributed by atoms with Crippen LogP contribution in [0.25, 0.3) is 11.1 Å².